The second-order valence-electron chi connectivity index (χ2n) is 6.48. The monoisotopic (exact) mass is 415 g/mol. The summed E-state index contributed by atoms with van der Waals surface area (Å²) in [6, 6.07) is 2.50. The van der Waals surface area contributed by atoms with Gasteiger partial charge in [-0.25, -0.2) is 17.5 Å². The molecule has 1 aliphatic rings. The number of rotatable bonds is 6. The molecule has 146 valence electrons. The molecule has 1 amide bonds. The summed E-state index contributed by atoms with van der Waals surface area (Å²) in [5.41, 5.74) is 1.95. The highest BCUT2D eigenvalue weighted by atomic mass is 35.5. The van der Waals surface area contributed by atoms with E-state index in [0.717, 1.165) is 32.1 Å². The number of benzene rings is 1. The molecule has 11 heteroatoms. The third kappa shape index (κ3) is 5.02. The largest absolute Gasteiger partial charge is 0.274 e. The zero-order chi connectivity index (χ0) is 19.4. The van der Waals surface area contributed by atoms with E-state index in [-0.39, 0.29) is 16.7 Å². The third-order valence-corrected chi connectivity index (χ3v) is 6.04. The first-order valence-electron chi connectivity index (χ1n) is 8.51. The molecule has 0 unspecified atom stereocenters. The van der Waals surface area contributed by atoms with E-state index in [4.69, 9.17) is 11.6 Å². The Morgan fingerprint density at radius 1 is 1.30 bits per heavy atom. The molecule has 3 rings (SSSR count). The molecule has 0 saturated heterocycles. The lowest BCUT2D eigenvalue weighted by Crippen LogP contribution is -2.44. The average molecular weight is 416 g/mol. The lowest BCUT2D eigenvalue weighted by molar-refractivity contribution is 0.0941. The minimum absolute atomic E-state index is 0.0648. The van der Waals surface area contributed by atoms with Gasteiger partial charge in [0.15, 0.2) is 5.82 Å². The molecule has 2 aromatic rings. The van der Waals surface area contributed by atoms with E-state index < -0.39 is 27.3 Å². The number of carbonyl (C=O) groups excluding carboxylic acids is 1. The topological polar surface area (TPSA) is 106 Å². The molecular weight excluding hydrogens is 397 g/mol. The van der Waals surface area contributed by atoms with E-state index in [1.165, 1.54) is 29.2 Å². The van der Waals surface area contributed by atoms with Gasteiger partial charge in [0.05, 0.1) is 34.4 Å². The van der Waals surface area contributed by atoms with Crippen LogP contribution >= 0.6 is 11.6 Å². The van der Waals surface area contributed by atoms with Gasteiger partial charge in [-0.05, 0) is 30.9 Å². The van der Waals surface area contributed by atoms with Crippen LogP contribution in [0.2, 0.25) is 5.02 Å². The fourth-order valence-electron chi connectivity index (χ4n) is 3.12. The smallest absolute Gasteiger partial charge is 0.269 e. The first-order valence-corrected chi connectivity index (χ1v) is 10.5. The Labute approximate surface area is 161 Å². The van der Waals surface area contributed by atoms with Crippen LogP contribution < -0.4 is 10.3 Å². The number of hydrogen-bond donors (Lipinski definition) is 2. The molecule has 0 atom stereocenters. The van der Waals surface area contributed by atoms with E-state index in [1.54, 1.807) is 0 Å². The van der Waals surface area contributed by atoms with Crippen LogP contribution in [0.4, 0.5) is 4.39 Å². The van der Waals surface area contributed by atoms with E-state index >= 15 is 0 Å². The molecule has 0 radical (unpaired) electrons. The van der Waals surface area contributed by atoms with E-state index in [0.29, 0.717) is 5.69 Å². The lowest BCUT2D eigenvalue weighted by Gasteiger charge is -2.21. The summed E-state index contributed by atoms with van der Waals surface area (Å²) in [4.78, 5) is 14.3. The van der Waals surface area contributed by atoms with Crippen LogP contribution in [0.15, 0.2) is 24.5 Å². The summed E-state index contributed by atoms with van der Waals surface area (Å²) in [6.07, 6.45) is 7.73. The van der Waals surface area contributed by atoms with Crippen molar-refractivity contribution in [1.82, 2.24) is 25.3 Å². The van der Waals surface area contributed by atoms with Gasteiger partial charge in [0, 0.05) is 0 Å². The summed E-state index contributed by atoms with van der Waals surface area (Å²) in [7, 11) is -3.73. The number of nitrogens with zero attached hydrogens (tertiary/aromatic N) is 3. The second kappa shape index (κ2) is 8.32. The Morgan fingerprint density at radius 2 is 2.04 bits per heavy atom. The van der Waals surface area contributed by atoms with Crippen LogP contribution in [0, 0.1) is 11.7 Å². The predicted molar refractivity (Wildman–Crippen MR) is 97.3 cm³/mol. The predicted octanol–water partition coefficient (Wildman–Crippen LogP) is 2.20. The van der Waals surface area contributed by atoms with Gasteiger partial charge in [-0.15, -0.1) is 9.93 Å². The average Bonchev–Trinajstić information content (AvgIpc) is 3.17. The maximum atomic E-state index is 14.3. The van der Waals surface area contributed by atoms with Crippen molar-refractivity contribution >= 4 is 27.5 Å². The first kappa shape index (κ1) is 19.7. The Balaban J connectivity index is 1.70. The molecule has 2 N–H and O–H groups in total. The SMILES string of the molecule is O=C(NNS(=O)(=O)CC1CCCCC1)c1cc(-n2ccnn2)cc(Cl)c1F. The number of nitrogens with one attached hydrogen (secondary N) is 2. The normalized spacial score (nSPS) is 15.6. The molecule has 8 nitrogen and oxygen atoms in total. The highest BCUT2D eigenvalue weighted by molar-refractivity contribution is 7.89. The Hall–Kier alpha value is -2.04. The fourth-order valence-corrected chi connectivity index (χ4v) is 4.61. The first-order chi connectivity index (χ1) is 12.9. The van der Waals surface area contributed by atoms with Crippen molar-refractivity contribution in [1.29, 1.82) is 0 Å². The number of hydrazine groups is 1. The van der Waals surface area contributed by atoms with E-state index in [9.17, 15) is 17.6 Å². The molecule has 1 aromatic carbocycles. The molecule has 27 heavy (non-hydrogen) atoms. The Kier molecular flexibility index (Phi) is 6.08. The summed E-state index contributed by atoms with van der Waals surface area (Å²) in [6.45, 7) is 0. The lowest BCUT2D eigenvalue weighted by atomic mass is 9.91. The number of halogens is 2. The van der Waals surface area contributed by atoms with Gasteiger partial charge in [0.1, 0.15) is 0 Å². The molecule has 1 heterocycles. The van der Waals surface area contributed by atoms with Crippen LogP contribution in [-0.2, 0) is 10.0 Å². The maximum Gasteiger partial charge on any atom is 0.269 e. The number of amides is 1. The fraction of sp³-hybridized carbons (Fsp3) is 0.438. The van der Waals surface area contributed by atoms with Crippen molar-refractivity contribution in [3.8, 4) is 5.69 Å². The van der Waals surface area contributed by atoms with Gasteiger partial charge in [-0.1, -0.05) is 36.1 Å². The van der Waals surface area contributed by atoms with Crippen LogP contribution in [-0.4, -0.2) is 35.1 Å². The third-order valence-electron chi connectivity index (χ3n) is 4.44. The molecule has 1 saturated carbocycles. The van der Waals surface area contributed by atoms with Crippen LogP contribution in [0.1, 0.15) is 42.5 Å². The van der Waals surface area contributed by atoms with Crippen molar-refractivity contribution in [2.24, 2.45) is 5.92 Å². The second-order valence-corrected chi connectivity index (χ2v) is 8.65. The number of hydrogen-bond acceptors (Lipinski definition) is 5. The Morgan fingerprint density at radius 3 is 2.70 bits per heavy atom. The van der Waals surface area contributed by atoms with E-state index in [2.05, 4.69) is 10.3 Å². The molecule has 0 bridgehead atoms. The summed E-state index contributed by atoms with van der Waals surface area (Å²) in [5.74, 6) is -1.92. The minimum atomic E-state index is -3.73. The van der Waals surface area contributed by atoms with Gasteiger partial charge in [0.2, 0.25) is 10.0 Å². The zero-order valence-electron chi connectivity index (χ0n) is 14.4. The van der Waals surface area contributed by atoms with Gasteiger partial charge in [-0.3, -0.25) is 10.2 Å². The number of carbonyl (C=O) groups is 1. The molecule has 0 spiro atoms. The van der Waals surface area contributed by atoms with Gasteiger partial charge < -0.3 is 0 Å². The highest BCUT2D eigenvalue weighted by Crippen LogP contribution is 2.25. The van der Waals surface area contributed by atoms with Crippen molar-refractivity contribution < 1.29 is 17.6 Å². The molecule has 1 aliphatic carbocycles. The zero-order valence-corrected chi connectivity index (χ0v) is 15.9. The standard InChI is InChI=1S/C16H19ClFN5O3S/c17-14-9-12(23-7-6-19-21-23)8-13(15(14)18)16(24)20-22-27(25,26)10-11-4-2-1-3-5-11/h6-9,11,22H,1-5,10H2,(H,20,24). The summed E-state index contributed by atoms with van der Waals surface area (Å²) >= 11 is 5.84. The van der Waals surface area contributed by atoms with Crippen LogP contribution in [0.25, 0.3) is 5.69 Å². The Bertz CT molecular complexity index is 914. The van der Waals surface area contributed by atoms with E-state index in [1.807, 2.05) is 10.3 Å². The van der Waals surface area contributed by atoms with Crippen molar-refractivity contribution in [2.75, 3.05) is 5.75 Å². The molecular formula is C16H19ClFN5O3S. The minimum Gasteiger partial charge on any atom is -0.274 e. The number of aromatic nitrogens is 3. The van der Waals surface area contributed by atoms with Gasteiger partial charge >= 0.3 is 0 Å². The highest BCUT2D eigenvalue weighted by Gasteiger charge is 2.23. The quantitative estimate of drug-likeness (QED) is 0.703. The molecule has 1 aromatic heterocycles. The van der Waals surface area contributed by atoms with Gasteiger partial charge in [-0.2, -0.15) is 0 Å². The van der Waals surface area contributed by atoms with Crippen molar-refractivity contribution in [3.63, 3.8) is 0 Å². The van der Waals surface area contributed by atoms with Crippen molar-refractivity contribution in [2.45, 2.75) is 32.1 Å². The van der Waals surface area contributed by atoms with Gasteiger partial charge in [0.25, 0.3) is 5.91 Å². The summed E-state index contributed by atoms with van der Waals surface area (Å²) in [5, 5.41) is 7.09. The van der Waals surface area contributed by atoms with Crippen molar-refractivity contribution in [3.05, 3.63) is 40.9 Å². The maximum absolute atomic E-state index is 14.3. The molecule has 0 aliphatic heterocycles. The summed E-state index contributed by atoms with van der Waals surface area (Å²) < 4.78 is 39.9. The van der Waals surface area contributed by atoms with Crippen LogP contribution in [0.5, 0.6) is 0 Å². The molecule has 1 fully saturated rings. The number of sulfonamides is 1. The van der Waals surface area contributed by atoms with Crippen LogP contribution in [0.3, 0.4) is 0 Å².